The summed E-state index contributed by atoms with van der Waals surface area (Å²) in [5, 5.41) is 2.81. The van der Waals surface area contributed by atoms with E-state index in [1.807, 2.05) is 44.2 Å². The van der Waals surface area contributed by atoms with Crippen LogP contribution in [0.2, 0.25) is 0 Å². The molecule has 2 aromatic carbocycles. The first-order valence-electron chi connectivity index (χ1n) is 8.81. The van der Waals surface area contributed by atoms with Crippen molar-refractivity contribution in [3.8, 4) is 0 Å². The van der Waals surface area contributed by atoms with Gasteiger partial charge in [-0.25, -0.2) is 8.42 Å². The third kappa shape index (κ3) is 5.68. The SMILES string of the molecule is CCCN(CC(=O)NCCc1ccccc1)S(=O)(=O)c1ccc(C)cc1. The molecule has 0 spiro atoms. The second-order valence-electron chi connectivity index (χ2n) is 6.24. The Morgan fingerprint density at radius 3 is 2.31 bits per heavy atom. The van der Waals surface area contributed by atoms with E-state index in [0.717, 1.165) is 11.1 Å². The first-order chi connectivity index (χ1) is 12.4. The van der Waals surface area contributed by atoms with Crippen LogP contribution in [-0.2, 0) is 21.2 Å². The van der Waals surface area contributed by atoms with Gasteiger partial charge in [-0.15, -0.1) is 0 Å². The van der Waals surface area contributed by atoms with E-state index in [2.05, 4.69) is 5.32 Å². The van der Waals surface area contributed by atoms with E-state index in [1.54, 1.807) is 24.3 Å². The van der Waals surface area contributed by atoms with Crippen molar-refractivity contribution in [3.63, 3.8) is 0 Å². The number of hydrogen-bond donors (Lipinski definition) is 1. The number of hydrogen-bond acceptors (Lipinski definition) is 3. The zero-order valence-corrected chi connectivity index (χ0v) is 16.1. The van der Waals surface area contributed by atoms with Crippen LogP contribution in [0.4, 0.5) is 0 Å². The second-order valence-corrected chi connectivity index (χ2v) is 8.18. The first kappa shape index (κ1) is 20.1. The Kier molecular flexibility index (Phi) is 7.36. The Balaban J connectivity index is 1.97. The van der Waals surface area contributed by atoms with Crippen LogP contribution in [0.3, 0.4) is 0 Å². The van der Waals surface area contributed by atoms with Crippen molar-refractivity contribution in [2.75, 3.05) is 19.6 Å². The third-order valence-corrected chi connectivity index (χ3v) is 5.89. The van der Waals surface area contributed by atoms with Gasteiger partial charge in [0, 0.05) is 13.1 Å². The summed E-state index contributed by atoms with van der Waals surface area (Å²) in [7, 11) is -3.68. The van der Waals surface area contributed by atoms with Gasteiger partial charge in [-0.3, -0.25) is 4.79 Å². The van der Waals surface area contributed by atoms with Crippen LogP contribution in [0, 0.1) is 6.92 Å². The van der Waals surface area contributed by atoms with Crippen molar-refractivity contribution < 1.29 is 13.2 Å². The number of rotatable bonds is 9. The van der Waals surface area contributed by atoms with Crippen molar-refractivity contribution in [2.24, 2.45) is 0 Å². The molecule has 26 heavy (non-hydrogen) atoms. The van der Waals surface area contributed by atoms with Crippen molar-refractivity contribution in [1.29, 1.82) is 0 Å². The van der Waals surface area contributed by atoms with Gasteiger partial charge in [0.2, 0.25) is 15.9 Å². The minimum atomic E-state index is -3.68. The quantitative estimate of drug-likeness (QED) is 0.734. The smallest absolute Gasteiger partial charge is 0.243 e. The molecule has 0 aromatic heterocycles. The van der Waals surface area contributed by atoms with Gasteiger partial charge in [0.25, 0.3) is 0 Å². The van der Waals surface area contributed by atoms with Crippen LogP contribution in [0.15, 0.2) is 59.5 Å². The highest BCUT2D eigenvalue weighted by atomic mass is 32.2. The van der Waals surface area contributed by atoms with Gasteiger partial charge in [-0.05, 0) is 37.5 Å². The summed E-state index contributed by atoms with van der Waals surface area (Å²) in [6.07, 6.45) is 1.35. The van der Waals surface area contributed by atoms with Gasteiger partial charge in [-0.2, -0.15) is 4.31 Å². The molecule has 1 amide bonds. The molecule has 0 bridgehead atoms. The minimum Gasteiger partial charge on any atom is -0.355 e. The molecule has 140 valence electrons. The molecule has 0 aliphatic heterocycles. The summed E-state index contributed by atoms with van der Waals surface area (Å²) in [4.78, 5) is 12.4. The van der Waals surface area contributed by atoms with E-state index in [9.17, 15) is 13.2 Å². The lowest BCUT2D eigenvalue weighted by molar-refractivity contribution is -0.121. The molecule has 0 fully saturated rings. The summed E-state index contributed by atoms with van der Waals surface area (Å²) in [6, 6.07) is 16.5. The van der Waals surface area contributed by atoms with Crippen LogP contribution in [0.5, 0.6) is 0 Å². The highest BCUT2D eigenvalue weighted by Crippen LogP contribution is 2.16. The molecule has 2 rings (SSSR count). The maximum absolute atomic E-state index is 12.8. The Hall–Kier alpha value is -2.18. The van der Waals surface area contributed by atoms with Crippen LogP contribution < -0.4 is 5.32 Å². The van der Waals surface area contributed by atoms with Gasteiger partial charge in [-0.1, -0.05) is 55.0 Å². The van der Waals surface area contributed by atoms with Crippen molar-refractivity contribution >= 4 is 15.9 Å². The Labute approximate surface area is 156 Å². The monoisotopic (exact) mass is 374 g/mol. The summed E-state index contributed by atoms with van der Waals surface area (Å²) in [5.41, 5.74) is 2.12. The van der Waals surface area contributed by atoms with Gasteiger partial charge in [0.05, 0.1) is 11.4 Å². The molecule has 0 aliphatic rings. The predicted molar refractivity (Wildman–Crippen MR) is 103 cm³/mol. The number of nitrogens with zero attached hydrogens (tertiary/aromatic N) is 1. The summed E-state index contributed by atoms with van der Waals surface area (Å²) in [6.45, 7) is 4.42. The summed E-state index contributed by atoms with van der Waals surface area (Å²) < 4.78 is 26.9. The van der Waals surface area contributed by atoms with E-state index in [-0.39, 0.29) is 17.3 Å². The summed E-state index contributed by atoms with van der Waals surface area (Å²) >= 11 is 0. The highest BCUT2D eigenvalue weighted by Gasteiger charge is 2.25. The van der Waals surface area contributed by atoms with E-state index >= 15 is 0 Å². The van der Waals surface area contributed by atoms with Crippen molar-refractivity contribution in [1.82, 2.24) is 9.62 Å². The van der Waals surface area contributed by atoms with E-state index in [0.29, 0.717) is 25.9 Å². The standard InChI is InChI=1S/C20H26N2O3S/c1-3-15-22(26(24,25)19-11-9-17(2)10-12-19)16-20(23)21-14-13-18-7-5-4-6-8-18/h4-12H,3,13-16H2,1-2H3,(H,21,23). The van der Waals surface area contributed by atoms with E-state index in [4.69, 9.17) is 0 Å². The number of amides is 1. The zero-order chi connectivity index (χ0) is 19.0. The van der Waals surface area contributed by atoms with E-state index < -0.39 is 10.0 Å². The number of carbonyl (C=O) groups is 1. The van der Waals surface area contributed by atoms with Gasteiger partial charge >= 0.3 is 0 Å². The van der Waals surface area contributed by atoms with Gasteiger partial charge in [0.1, 0.15) is 0 Å². The first-order valence-corrected chi connectivity index (χ1v) is 10.2. The molecular weight excluding hydrogens is 348 g/mol. The second kappa shape index (κ2) is 9.50. The average Bonchev–Trinajstić information content (AvgIpc) is 2.62. The number of benzene rings is 2. The Morgan fingerprint density at radius 1 is 1.04 bits per heavy atom. The Bertz CT molecular complexity index is 803. The maximum Gasteiger partial charge on any atom is 0.243 e. The number of sulfonamides is 1. The molecule has 0 saturated heterocycles. The van der Waals surface area contributed by atoms with Crippen molar-refractivity contribution in [3.05, 3.63) is 65.7 Å². The molecule has 0 atom stereocenters. The summed E-state index contributed by atoms with van der Waals surface area (Å²) in [5.74, 6) is -0.287. The molecule has 0 saturated carbocycles. The van der Waals surface area contributed by atoms with Crippen molar-refractivity contribution in [2.45, 2.75) is 31.6 Å². The molecule has 0 heterocycles. The zero-order valence-electron chi connectivity index (χ0n) is 15.3. The molecule has 6 heteroatoms. The molecule has 2 aromatic rings. The fourth-order valence-electron chi connectivity index (χ4n) is 2.60. The van der Waals surface area contributed by atoms with Crippen LogP contribution in [0.1, 0.15) is 24.5 Å². The third-order valence-electron chi connectivity index (χ3n) is 4.03. The van der Waals surface area contributed by atoms with Gasteiger partial charge < -0.3 is 5.32 Å². The van der Waals surface area contributed by atoms with Crippen LogP contribution in [-0.4, -0.2) is 38.3 Å². The molecule has 1 N–H and O–H groups in total. The number of aryl methyl sites for hydroxylation is 1. The van der Waals surface area contributed by atoms with E-state index in [1.165, 1.54) is 4.31 Å². The normalized spacial score (nSPS) is 11.5. The molecule has 0 aliphatic carbocycles. The van der Waals surface area contributed by atoms with Gasteiger partial charge in [0.15, 0.2) is 0 Å². The molecular formula is C20H26N2O3S. The molecule has 0 radical (unpaired) electrons. The lowest BCUT2D eigenvalue weighted by atomic mass is 10.1. The largest absolute Gasteiger partial charge is 0.355 e. The number of carbonyl (C=O) groups excluding carboxylic acids is 1. The maximum atomic E-state index is 12.8. The van der Waals surface area contributed by atoms with Crippen LogP contribution in [0.25, 0.3) is 0 Å². The molecule has 5 nitrogen and oxygen atoms in total. The lowest BCUT2D eigenvalue weighted by Gasteiger charge is -2.21. The lowest BCUT2D eigenvalue weighted by Crippen LogP contribution is -2.41. The topological polar surface area (TPSA) is 66.5 Å². The number of nitrogens with one attached hydrogen (secondary N) is 1. The van der Waals surface area contributed by atoms with Crippen LogP contribution >= 0.6 is 0 Å². The average molecular weight is 375 g/mol. The predicted octanol–water partition coefficient (Wildman–Crippen LogP) is 2.75. The fourth-order valence-corrected chi connectivity index (χ4v) is 4.09. The Morgan fingerprint density at radius 2 is 1.69 bits per heavy atom. The highest BCUT2D eigenvalue weighted by molar-refractivity contribution is 7.89. The molecule has 0 unspecified atom stereocenters. The fraction of sp³-hybridized carbons (Fsp3) is 0.350. The minimum absolute atomic E-state index is 0.168.